The van der Waals surface area contributed by atoms with Crippen molar-refractivity contribution in [2.24, 2.45) is 0 Å². The molecule has 164 valence electrons. The summed E-state index contributed by atoms with van der Waals surface area (Å²) in [6.07, 6.45) is 1.34. The second kappa shape index (κ2) is 7.76. The number of furan rings is 1. The van der Waals surface area contributed by atoms with E-state index in [1.165, 1.54) is 12.1 Å². The van der Waals surface area contributed by atoms with Crippen molar-refractivity contribution in [1.29, 1.82) is 0 Å². The lowest BCUT2D eigenvalue weighted by molar-refractivity contribution is -0.0542. The first-order valence-corrected chi connectivity index (χ1v) is 11.5. The van der Waals surface area contributed by atoms with Crippen LogP contribution in [-0.4, -0.2) is 35.6 Å². The molecule has 0 radical (unpaired) electrons. The molecule has 0 fully saturated rings. The molecule has 1 N–H and O–H groups in total. The summed E-state index contributed by atoms with van der Waals surface area (Å²) < 4.78 is 40.2. The normalized spacial score (nSPS) is 19.0. The van der Waals surface area contributed by atoms with E-state index in [4.69, 9.17) is 9.15 Å². The molecule has 0 saturated carbocycles. The Labute approximate surface area is 183 Å². The molecule has 1 aliphatic heterocycles. The van der Waals surface area contributed by atoms with Crippen LogP contribution in [0.15, 0.2) is 40.8 Å². The zero-order valence-corrected chi connectivity index (χ0v) is 18.9. The van der Waals surface area contributed by atoms with Crippen molar-refractivity contribution in [3.8, 4) is 11.3 Å². The van der Waals surface area contributed by atoms with Crippen molar-refractivity contribution in [1.82, 2.24) is 5.32 Å². The van der Waals surface area contributed by atoms with E-state index in [-0.39, 0.29) is 17.8 Å². The Hall–Kier alpha value is -2.71. The molecule has 2 atom stereocenters. The molecule has 3 aromatic rings. The molecule has 2 heterocycles. The summed E-state index contributed by atoms with van der Waals surface area (Å²) in [6.45, 7) is 6.30. The van der Waals surface area contributed by atoms with Gasteiger partial charge in [-0.25, -0.2) is 8.60 Å². The first kappa shape index (κ1) is 21.5. The van der Waals surface area contributed by atoms with Crippen LogP contribution in [0.3, 0.4) is 0 Å². The lowest BCUT2D eigenvalue weighted by atomic mass is 10.0. The van der Waals surface area contributed by atoms with E-state index < -0.39 is 16.6 Å². The van der Waals surface area contributed by atoms with Gasteiger partial charge >= 0.3 is 0 Å². The molecule has 0 aliphatic carbocycles. The molecule has 8 heteroatoms. The van der Waals surface area contributed by atoms with E-state index in [9.17, 15) is 13.4 Å². The highest BCUT2D eigenvalue weighted by Crippen LogP contribution is 2.43. The van der Waals surface area contributed by atoms with Gasteiger partial charge in [0.1, 0.15) is 28.1 Å². The van der Waals surface area contributed by atoms with Crippen LogP contribution in [0.5, 0.6) is 0 Å². The van der Waals surface area contributed by atoms with Crippen LogP contribution in [0, 0.1) is 5.82 Å². The maximum atomic E-state index is 13.4. The van der Waals surface area contributed by atoms with Gasteiger partial charge in [0.05, 0.1) is 29.5 Å². The minimum Gasteiger partial charge on any atom is -0.455 e. The number of amides is 1. The predicted molar refractivity (Wildman–Crippen MR) is 120 cm³/mol. The van der Waals surface area contributed by atoms with Gasteiger partial charge in [-0.3, -0.25) is 9.10 Å². The number of carbonyl (C=O) groups is 1. The molecule has 1 aromatic heterocycles. The van der Waals surface area contributed by atoms with Crippen LogP contribution in [0.25, 0.3) is 22.3 Å². The Morgan fingerprint density at radius 2 is 1.94 bits per heavy atom. The fraction of sp³-hybridized carbons (Fsp3) is 0.348. The van der Waals surface area contributed by atoms with Gasteiger partial charge in [0.2, 0.25) is 0 Å². The number of ether oxygens (including phenoxy) is 1. The highest BCUT2D eigenvalue weighted by molar-refractivity contribution is 7.85. The zero-order chi connectivity index (χ0) is 22.5. The summed E-state index contributed by atoms with van der Waals surface area (Å²) in [5.41, 5.74) is 2.49. The fourth-order valence-corrected chi connectivity index (χ4v) is 5.01. The first-order valence-electron chi connectivity index (χ1n) is 9.98. The third kappa shape index (κ3) is 3.85. The Balaban J connectivity index is 2.00. The van der Waals surface area contributed by atoms with Gasteiger partial charge in [-0.15, -0.1) is 0 Å². The van der Waals surface area contributed by atoms with Crippen molar-refractivity contribution < 1.29 is 22.5 Å². The zero-order valence-electron chi connectivity index (χ0n) is 18.1. The Bertz CT molecular complexity index is 1190. The van der Waals surface area contributed by atoms with Crippen LogP contribution >= 0.6 is 0 Å². The van der Waals surface area contributed by atoms with Crippen LogP contribution in [0.4, 0.5) is 10.1 Å². The maximum Gasteiger partial charge on any atom is 0.255 e. The summed E-state index contributed by atoms with van der Waals surface area (Å²) in [4.78, 5) is 12.8. The average Bonchev–Trinajstić information content (AvgIpc) is 3.04. The minimum atomic E-state index is -1.29. The standard InChI is InChI=1S/C23H25FN2O4S/c1-13-16-10-17-19(11-18(16)26(31(5)28)12-23(2,3)30-13)29-21(20(17)22(27)25-4)14-6-8-15(24)9-7-14/h6-11,13H,12H2,1-5H3,(H,25,27). The number of benzene rings is 2. The van der Waals surface area contributed by atoms with E-state index >= 15 is 0 Å². The molecule has 2 unspecified atom stereocenters. The molecule has 1 amide bonds. The first-order chi connectivity index (χ1) is 14.6. The third-order valence-corrected chi connectivity index (χ3v) is 6.38. The minimum absolute atomic E-state index is 0.287. The van der Waals surface area contributed by atoms with Crippen LogP contribution in [-0.2, 0) is 15.7 Å². The fourth-order valence-electron chi connectivity index (χ4n) is 4.09. The van der Waals surface area contributed by atoms with E-state index in [1.807, 2.05) is 32.9 Å². The number of nitrogens with zero attached hydrogens (tertiary/aromatic N) is 1. The lowest BCUT2D eigenvalue weighted by Gasteiger charge is -2.29. The molecular weight excluding hydrogens is 419 g/mol. The summed E-state index contributed by atoms with van der Waals surface area (Å²) in [6, 6.07) is 9.49. The van der Waals surface area contributed by atoms with Crippen LogP contribution in [0.2, 0.25) is 0 Å². The molecule has 31 heavy (non-hydrogen) atoms. The molecule has 4 rings (SSSR count). The summed E-state index contributed by atoms with van der Waals surface area (Å²) in [5.74, 6) is -0.327. The largest absolute Gasteiger partial charge is 0.455 e. The third-order valence-electron chi connectivity index (χ3n) is 5.44. The smallest absolute Gasteiger partial charge is 0.255 e. The van der Waals surface area contributed by atoms with E-state index in [1.54, 1.807) is 29.7 Å². The maximum absolute atomic E-state index is 13.4. The summed E-state index contributed by atoms with van der Waals surface area (Å²) in [7, 11) is 0.265. The Kier molecular flexibility index (Phi) is 5.39. The number of hydrogen-bond donors (Lipinski definition) is 1. The van der Waals surface area contributed by atoms with Crippen LogP contribution < -0.4 is 9.62 Å². The summed E-state index contributed by atoms with van der Waals surface area (Å²) >= 11 is 0. The molecule has 0 saturated heterocycles. The molecule has 2 aromatic carbocycles. The van der Waals surface area contributed by atoms with E-state index in [2.05, 4.69) is 5.32 Å². The van der Waals surface area contributed by atoms with E-state index in [0.29, 0.717) is 34.4 Å². The number of carbonyl (C=O) groups excluding carboxylic acids is 1. The van der Waals surface area contributed by atoms with Crippen LogP contribution in [0.1, 0.15) is 42.8 Å². The molecule has 6 nitrogen and oxygen atoms in total. The second-order valence-corrected chi connectivity index (χ2v) is 9.57. The van der Waals surface area contributed by atoms with E-state index in [0.717, 1.165) is 11.3 Å². The topological polar surface area (TPSA) is 71.8 Å². The van der Waals surface area contributed by atoms with Gasteiger partial charge in [0, 0.05) is 35.9 Å². The molecule has 0 spiro atoms. The van der Waals surface area contributed by atoms with Crippen molar-refractivity contribution in [3.05, 3.63) is 53.3 Å². The Morgan fingerprint density at radius 3 is 2.55 bits per heavy atom. The average molecular weight is 445 g/mol. The molecular formula is C23H25FN2O4S. The van der Waals surface area contributed by atoms with Gasteiger partial charge in [-0.1, -0.05) is 0 Å². The highest BCUT2D eigenvalue weighted by atomic mass is 32.2. The SMILES string of the molecule is CNC(=O)c1c(-c2ccc(F)cc2)oc2cc3c(cc12)C(C)OC(C)(C)CN3S(C)=O. The quantitative estimate of drug-likeness (QED) is 0.643. The molecule has 0 bridgehead atoms. The number of nitrogens with one attached hydrogen (secondary N) is 1. The van der Waals surface area contributed by atoms with Gasteiger partial charge in [0.15, 0.2) is 0 Å². The predicted octanol–water partition coefficient (Wildman–Crippen LogP) is 4.57. The van der Waals surface area contributed by atoms with Crippen molar-refractivity contribution >= 4 is 33.5 Å². The summed E-state index contributed by atoms with van der Waals surface area (Å²) in [5, 5.41) is 3.28. The van der Waals surface area contributed by atoms with Crippen molar-refractivity contribution in [2.75, 3.05) is 24.2 Å². The number of hydrogen-bond acceptors (Lipinski definition) is 4. The van der Waals surface area contributed by atoms with Gasteiger partial charge in [-0.2, -0.15) is 0 Å². The number of rotatable bonds is 3. The highest BCUT2D eigenvalue weighted by Gasteiger charge is 2.35. The van der Waals surface area contributed by atoms with Crippen molar-refractivity contribution in [2.45, 2.75) is 32.5 Å². The van der Waals surface area contributed by atoms with Gasteiger partial charge < -0.3 is 14.5 Å². The lowest BCUT2D eigenvalue weighted by Crippen LogP contribution is -2.39. The Morgan fingerprint density at radius 1 is 1.26 bits per heavy atom. The number of halogens is 1. The second-order valence-electron chi connectivity index (χ2n) is 8.28. The van der Waals surface area contributed by atoms with Crippen molar-refractivity contribution in [3.63, 3.8) is 0 Å². The van der Waals surface area contributed by atoms with Gasteiger partial charge in [-0.05, 0) is 51.1 Å². The monoisotopic (exact) mass is 444 g/mol. The molecule has 1 aliphatic rings. The number of fused-ring (bicyclic) bond motifs is 2. The number of anilines is 1. The van der Waals surface area contributed by atoms with Gasteiger partial charge in [0.25, 0.3) is 5.91 Å².